The molecule has 2 rings (SSSR count). The van der Waals surface area contributed by atoms with Crippen LogP contribution in [0.25, 0.3) is 0 Å². The van der Waals surface area contributed by atoms with Crippen molar-refractivity contribution in [3.05, 3.63) is 18.2 Å². The number of hydrogen-bond donors (Lipinski definition) is 1. The summed E-state index contributed by atoms with van der Waals surface area (Å²) in [6, 6.07) is -0.454. The molecule has 92 valence electrons. The number of hydrogen-bond acceptors (Lipinski definition) is 3. The molecule has 0 bridgehead atoms. The minimum absolute atomic E-state index is 0.0563. The lowest BCUT2D eigenvalue weighted by Gasteiger charge is -2.25. The minimum atomic E-state index is -0.942. The largest absolute Gasteiger partial charge is 0.481 e. The first-order chi connectivity index (χ1) is 8.06. The second-order valence-corrected chi connectivity index (χ2v) is 4.17. The van der Waals surface area contributed by atoms with Crippen LogP contribution in [-0.4, -0.2) is 38.0 Å². The van der Waals surface area contributed by atoms with Crippen molar-refractivity contribution >= 4 is 11.9 Å². The number of aromatic nitrogens is 2. The Morgan fingerprint density at radius 1 is 1.65 bits per heavy atom. The highest BCUT2D eigenvalue weighted by atomic mass is 16.4. The predicted octanol–water partition coefficient (Wildman–Crippen LogP) is 0.414. The van der Waals surface area contributed by atoms with Gasteiger partial charge in [0.05, 0.1) is 5.92 Å². The zero-order valence-electron chi connectivity index (χ0n) is 9.83. The van der Waals surface area contributed by atoms with E-state index in [0.29, 0.717) is 12.4 Å². The molecule has 0 saturated carbocycles. The Bertz CT molecular complexity index is 455. The van der Waals surface area contributed by atoms with Gasteiger partial charge in [-0.15, -0.1) is 0 Å². The van der Waals surface area contributed by atoms with Crippen LogP contribution in [0, 0.1) is 5.92 Å². The standard InChI is InChI=1S/C11H15N3O3/c1-3-14-8(15)6-7(11(16)17)9(14)10-12-4-5-13(10)2/h4-5,7,9H,3,6H2,1-2H3,(H,16,17)/t7-,9-/m1/s1. The van der Waals surface area contributed by atoms with E-state index in [2.05, 4.69) is 4.98 Å². The maximum absolute atomic E-state index is 11.8. The van der Waals surface area contributed by atoms with E-state index in [0.717, 1.165) is 0 Å². The fourth-order valence-electron chi connectivity index (χ4n) is 2.37. The Morgan fingerprint density at radius 3 is 2.82 bits per heavy atom. The van der Waals surface area contributed by atoms with E-state index in [1.807, 2.05) is 6.92 Å². The second-order valence-electron chi connectivity index (χ2n) is 4.17. The molecule has 1 N–H and O–H groups in total. The van der Waals surface area contributed by atoms with Crippen molar-refractivity contribution in [1.29, 1.82) is 0 Å². The normalized spacial score (nSPS) is 24.4. The fraction of sp³-hybridized carbons (Fsp3) is 0.545. The third-order valence-corrected chi connectivity index (χ3v) is 3.21. The molecule has 6 heteroatoms. The molecule has 17 heavy (non-hydrogen) atoms. The molecule has 2 heterocycles. The number of carbonyl (C=O) groups excluding carboxylic acids is 1. The summed E-state index contributed by atoms with van der Waals surface area (Å²) in [5.41, 5.74) is 0. The van der Waals surface area contributed by atoms with Gasteiger partial charge in [-0.3, -0.25) is 9.59 Å². The number of carboxylic acids is 1. The number of imidazole rings is 1. The smallest absolute Gasteiger partial charge is 0.309 e. The summed E-state index contributed by atoms with van der Waals surface area (Å²) >= 11 is 0. The van der Waals surface area contributed by atoms with Gasteiger partial charge < -0.3 is 14.6 Å². The minimum Gasteiger partial charge on any atom is -0.481 e. The lowest BCUT2D eigenvalue weighted by Crippen LogP contribution is -2.32. The van der Waals surface area contributed by atoms with Crippen LogP contribution in [0.1, 0.15) is 25.2 Å². The van der Waals surface area contributed by atoms with Crippen LogP contribution in [0.4, 0.5) is 0 Å². The van der Waals surface area contributed by atoms with Gasteiger partial charge in [0.25, 0.3) is 0 Å². The molecule has 1 amide bonds. The fourth-order valence-corrected chi connectivity index (χ4v) is 2.37. The van der Waals surface area contributed by atoms with Crippen LogP contribution in [0.3, 0.4) is 0 Å². The lowest BCUT2D eigenvalue weighted by molar-refractivity contribution is -0.142. The number of likely N-dealkylation sites (tertiary alicyclic amines) is 1. The van der Waals surface area contributed by atoms with Crippen LogP contribution >= 0.6 is 0 Å². The van der Waals surface area contributed by atoms with Crippen LogP contribution in [0.15, 0.2) is 12.4 Å². The number of nitrogens with zero attached hydrogens (tertiary/aromatic N) is 3. The summed E-state index contributed by atoms with van der Waals surface area (Å²) in [6.45, 7) is 2.35. The number of amides is 1. The summed E-state index contributed by atoms with van der Waals surface area (Å²) in [4.78, 5) is 28.7. The second kappa shape index (κ2) is 4.20. The molecule has 1 saturated heterocycles. The van der Waals surface area contributed by atoms with E-state index in [1.165, 1.54) is 0 Å². The number of aryl methyl sites for hydroxylation is 1. The average Bonchev–Trinajstić information content (AvgIpc) is 2.81. The van der Waals surface area contributed by atoms with E-state index in [4.69, 9.17) is 0 Å². The predicted molar refractivity (Wildman–Crippen MR) is 59.1 cm³/mol. The zero-order chi connectivity index (χ0) is 12.6. The van der Waals surface area contributed by atoms with Crippen molar-refractivity contribution < 1.29 is 14.7 Å². The van der Waals surface area contributed by atoms with Gasteiger partial charge in [0.15, 0.2) is 0 Å². The summed E-state index contributed by atoms with van der Waals surface area (Å²) in [7, 11) is 1.80. The Kier molecular flexibility index (Phi) is 2.87. The molecule has 0 aromatic carbocycles. The van der Waals surface area contributed by atoms with E-state index in [9.17, 15) is 14.7 Å². The zero-order valence-corrected chi connectivity index (χ0v) is 9.83. The molecular weight excluding hydrogens is 222 g/mol. The van der Waals surface area contributed by atoms with Crippen molar-refractivity contribution in [2.24, 2.45) is 13.0 Å². The molecule has 1 aliphatic rings. The Hall–Kier alpha value is -1.85. The molecule has 0 aliphatic carbocycles. The summed E-state index contributed by atoms with van der Waals surface area (Å²) < 4.78 is 1.77. The first kappa shape index (κ1) is 11.6. The number of carboxylic acid groups (broad SMARTS) is 1. The van der Waals surface area contributed by atoms with Crippen LogP contribution in [-0.2, 0) is 16.6 Å². The Morgan fingerprint density at radius 2 is 2.35 bits per heavy atom. The van der Waals surface area contributed by atoms with E-state index >= 15 is 0 Å². The van der Waals surface area contributed by atoms with Crippen molar-refractivity contribution in [3.8, 4) is 0 Å². The van der Waals surface area contributed by atoms with E-state index < -0.39 is 17.9 Å². The van der Waals surface area contributed by atoms with Crippen molar-refractivity contribution in [3.63, 3.8) is 0 Å². The van der Waals surface area contributed by atoms with Gasteiger partial charge in [0.1, 0.15) is 11.9 Å². The molecule has 0 spiro atoms. The van der Waals surface area contributed by atoms with Crippen molar-refractivity contribution in [2.45, 2.75) is 19.4 Å². The molecule has 1 aliphatic heterocycles. The molecule has 0 unspecified atom stereocenters. The first-order valence-electron chi connectivity index (χ1n) is 5.55. The van der Waals surface area contributed by atoms with Crippen LogP contribution < -0.4 is 0 Å². The summed E-state index contributed by atoms with van der Waals surface area (Å²) in [5.74, 6) is -1.14. The van der Waals surface area contributed by atoms with E-state index in [-0.39, 0.29) is 12.3 Å². The van der Waals surface area contributed by atoms with Gasteiger partial charge in [-0.2, -0.15) is 0 Å². The molecule has 2 atom stereocenters. The van der Waals surface area contributed by atoms with Gasteiger partial charge in [-0.05, 0) is 6.92 Å². The summed E-state index contributed by atoms with van der Waals surface area (Å²) in [6.07, 6.45) is 3.43. The third-order valence-electron chi connectivity index (χ3n) is 3.21. The van der Waals surface area contributed by atoms with Gasteiger partial charge in [-0.25, -0.2) is 4.98 Å². The highest BCUT2D eigenvalue weighted by Gasteiger charge is 2.45. The Labute approximate surface area is 98.9 Å². The third kappa shape index (κ3) is 1.79. The van der Waals surface area contributed by atoms with Gasteiger partial charge in [0.2, 0.25) is 5.91 Å². The average molecular weight is 237 g/mol. The molecule has 1 fully saturated rings. The van der Waals surface area contributed by atoms with Crippen LogP contribution in [0.2, 0.25) is 0 Å². The number of carbonyl (C=O) groups is 2. The molecule has 1 aromatic rings. The molecular formula is C11H15N3O3. The number of rotatable bonds is 3. The van der Waals surface area contributed by atoms with Crippen molar-refractivity contribution in [1.82, 2.24) is 14.5 Å². The van der Waals surface area contributed by atoms with Crippen molar-refractivity contribution in [2.75, 3.05) is 6.54 Å². The van der Waals surface area contributed by atoms with Crippen LogP contribution in [0.5, 0.6) is 0 Å². The maximum atomic E-state index is 11.8. The van der Waals surface area contributed by atoms with Gasteiger partial charge in [-0.1, -0.05) is 0 Å². The topological polar surface area (TPSA) is 75.4 Å². The maximum Gasteiger partial charge on any atom is 0.309 e. The lowest BCUT2D eigenvalue weighted by atomic mass is 10.00. The highest BCUT2D eigenvalue weighted by Crippen LogP contribution is 2.36. The monoisotopic (exact) mass is 237 g/mol. The highest BCUT2D eigenvalue weighted by molar-refractivity contribution is 5.87. The molecule has 0 radical (unpaired) electrons. The number of aliphatic carboxylic acids is 1. The SMILES string of the molecule is CCN1C(=O)C[C@@H](C(=O)O)[C@@H]1c1nccn1C. The quantitative estimate of drug-likeness (QED) is 0.826. The summed E-state index contributed by atoms with van der Waals surface area (Å²) in [5, 5.41) is 9.19. The van der Waals surface area contributed by atoms with E-state index in [1.54, 1.807) is 28.9 Å². The van der Waals surface area contributed by atoms with Gasteiger partial charge >= 0.3 is 5.97 Å². The van der Waals surface area contributed by atoms with Gasteiger partial charge in [0, 0.05) is 32.4 Å². The molecule has 6 nitrogen and oxygen atoms in total. The molecule has 1 aromatic heterocycles. The Balaban J connectivity index is 2.42. The first-order valence-corrected chi connectivity index (χ1v) is 5.55.